The first kappa shape index (κ1) is 20.9. The molecule has 3 heterocycles. The maximum atomic E-state index is 14.0. The molecule has 30 heavy (non-hydrogen) atoms. The van der Waals surface area contributed by atoms with E-state index in [0.717, 1.165) is 22.6 Å². The second-order valence-electron chi connectivity index (χ2n) is 7.06. The molecule has 2 N–H and O–H groups in total. The highest BCUT2D eigenvalue weighted by molar-refractivity contribution is 7.18. The molecule has 0 bridgehead atoms. The van der Waals surface area contributed by atoms with Crippen molar-refractivity contribution in [1.29, 1.82) is 0 Å². The van der Waals surface area contributed by atoms with Crippen LogP contribution in [0.1, 0.15) is 29.0 Å². The number of halogens is 2. The van der Waals surface area contributed by atoms with Gasteiger partial charge in [-0.15, -0.1) is 22.7 Å². The molecular weight excluding hydrogens is 438 g/mol. The van der Waals surface area contributed by atoms with Crippen LogP contribution < -0.4 is 5.32 Å². The summed E-state index contributed by atoms with van der Waals surface area (Å²) in [5, 5.41) is 14.6. The fraction of sp³-hybridized carbons (Fsp3) is 0.421. The van der Waals surface area contributed by atoms with Gasteiger partial charge >= 0.3 is 6.16 Å². The van der Waals surface area contributed by atoms with Crippen molar-refractivity contribution in [1.82, 2.24) is 4.98 Å². The van der Waals surface area contributed by atoms with Gasteiger partial charge in [-0.05, 0) is 18.9 Å². The van der Waals surface area contributed by atoms with Gasteiger partial charge in [0.05, 0.1) is 12.2 Å². The highest BCUT2D eigenvalue weighted by atomic mass is 32.1. The summed E-state index contributed by atoms with van der Waals surface area (Å²) in [6.45, 7) is 1.97. The smallest absolute Gasteiger partial charge is 0.449 e. The van der Waals surface area contributed by atoms with Gasteiger partial charge < -0.3 is 19.9 Å². The molecule has 160 valence electrons. The number of ether oxygens (including phenoxy) is 2. The van der Waals surface area contributed by atoms with Crippen molar-refractivity contribution < 1.29 is 33.0 Å². The normalized spacial score (nSPS) is 18.1. The standard InChI is InChI=1S/C19H18F2N2O5S2/c1-9-8-29-16(22-9)14-11-2-4-19(20,21)6-13(11)30-17(14)23-15(24)10-3-5-27-7-12(10)28-18(25)26/h8H,2-7H2,1H3,(H,23,24)(H,25,26). The number of aryl methyl sites for hydroxylation is 1. The predicted molar refractivity (Wildman–Crippen MR) is 107 cm³/mol. The first-order valence-corrected chi connectivity index (χ1v) is 10.9. The van der Waals surface area contributed by atoms with Gasteiger partial charge in [0.1, 0.15) is 22.4 Å². The van der Waals surface area contributed by atoms with Crippen molar-refractivity contribution in [2.45, 2.75) is 38.5 Å². The molecule has 0 atom stereocenters. The summed E-state index contributed by atoms with van der Waals surface area (Å²) < 4.78 is 37.8. The quantitative estimate of drug-likeness (QED) is 0.652. The summed E-state index contributed by atoms with van der Waals surface area (Å²) in [5.41, 5.74) is 2.43. The number of amides is 1. The summed E-state index contributed by atoms with van der Waals surface area (Å²) >= 11 is 2.51. The average Bonchev–Trinajstić information content (AvgIpc) is 3.23. The van der Waals surface area contributed by atoms with E-state index in [9.17, 15) is 18.4 Å². The van der Waals surface area contributed by atoms with Crippen molar-refractivity contribution in [2.75, 3.05) is 18.5 Å². The van der Waals surface area contributed by atoms with E-state index in [1.807, 2.05) is 12.3 Å². The van der Waals surface area contributed by atoms with Gasteiger partial charge in [0.2, 0.25) is 0 Å². The number of anilines is 1. The highest BCUT2D eigenvalue weighted by Gasteiger charge is 2.38. The SMILES string of the molecule is Cc1csc(-c2c(NC(=O)C3=C(OC(=O)O)COCC3)sc3c2CCC(F)(F)C3)n1. The van der Waals surface area contributed by atoms with E-state index in [1.54, 1.807) is 0 Å². The van der Waals surface area contributed by atoms with Gasteiger partial charge in [0, 0.05) is 40.8 Å². The molecule has 1 amide bonds. The number of rotatable bonds is 4. The topological polar surface area (TPSA) is 97.8 Å². The maximum Gasteiger partial charge on any atom is 0.511 e. The van der Waals surface area contributed by atoms with Crippen molar-refractivity contribution in [3.8, 4) is 10.6 Å². The van der Waals surface area contributed by atoms with Gasteiger partial charge in [-0.3, -0.25) is 4.79 Å². The summed E-state index contributed by atoms with van der Waals surface area (Å²) in [6.07, 6.45) is -1.77. The molecular formula is C19H18F2N2O5S2. The molecule has 0 fully saturated rings. The third kappa shape index (κ3) is 4.23. The first-order chi connectivity index (χ1) is 14.2. The largest absolute Gasteiger partial charge is 0.511 e. The zero-order valence-electron chi connectivity index (χ0n) is 15.9. The number of carboxylic acid groups (broad SMARTS) is 1. The Bertz CT molecular complexity index is 1040. The molecule has 4 rings (SSSR count). The minimum absolute atomic E-state index is 0.0641. The third-order valence-corrected chi connectivity index (χ3v) is 6.99. The van der Waals surface area contributed by atoms with Crippen LogP contribution in [0.2, 0.25) is 0 Å². The Morgan fingerprint density at radius 2 is 2.17 bits per heavy atom. The van der Waals surface area contributed by atoms with Crippen LogP contribution in [-0.4, -0.2) is 41.3 Å². The van der Waals surface area contributed by atoms with Crippen LogP contribution >= 0.6 is 22.7 Å². The highest BCUT2D eigenvalue weighted by Crippen LogP contribution is 2.48. The van der Waals surface area contributed by atoms with Crippen LogP contribution in [0.25, 0.3) is 10.6 Å². The third-order valence-electron chi connectivity index (χ3n) is 4.86. The van der Waals surface area contributed by atoms with E-state index in [4.69, 9.17) is 14.6 Å². The van der Waals surface area contributed by atoms with Gasteiger partial charge in [-0.25, -0.2) is 18.6 Å². The molecule has 2 aromatic rings. The Balaban J connectivity index is 1.72. The molecule has 0 unspecified atom stereocenters. The molecule has 0 saturated carbocycles. The van der Waals surface area contributed by atoms with Crippen LogP contribution in [0.5, 0.6) is 0 Å². The molecule has 1 aliphatic heterocycles. The van der Waals surface area contributed by atoms with E-state index >= 15 is 0 Å². The fourth-order valence-corrected chi connectivity index (χ4v) is 5.78. The Morgan fingerprint density at radius 3 is 2.87 bits per heavy atom. The van der Waals surface area contributed by atoms with E-state index in [2.05, 4.69) is 10.3 Å². The van der Waals surface area contributed by atoms with Gasteiger partial charge in [-0.2, -0.15) is 0 Å². The Labute approximate surface area is 178 Å². The Kier molecular flexibility index (Phi) is 5.60. The first-order valence-electron chi connectivity index (χ1n) is 9.20. The number of hydrogen-bond acceptors (Lipinski definition) is 7. The average molecular weight is 456 g/mol. The lowest BCUT2D eigenvalue weighted by atomic mass is 9.93. The zero-order valence-corrected chi connectivity index (χ0v) is 17.6. The van der Waals surface area contributed by atoms with Crippen LogP contribution in [0.4, 0.5) is 18.6 Å². The molecule has 2 aromatic heterocycles. The second-order valence-corrected chi connectivity index (χ2v) is 9.02. The maximum absolute atomic E-state index is 14.0. The molecule has 0 spiro atoms. The van der Waals surface area contributed by atoms with Gasteiger partial charge in [0.15, 0.2) is 0 Å². The molecule has 2 aliphatic rings. The monoisotopic (exact) mass is 456 g/mol. The van der Waals surface area contributed by atoms with Crippen molar-refractivity contribution >= 4 is 39.7 Å². The lowest BCUT2D eigenvalue weighted by Crippen LogP contribution is -2.25. The molecule has 1 aliphatic carbocycles. The van der Waals surface area contributed by atoms with Crippen LogP contribution in [-0.2, 0) is 27.1 Å². The number of alkyl halides is 2. The van der Waals surface area contributed by atoms with Crippen LogP contribution in [0.15, 0.2) is 16.7 Å². The number of aromatic nitrogens is 1. The van der Waals surface area contributed by atoms with Crippen molar-refractivity contribution in [3.63, 3.8) is 0 Å². The van der Waals surface area contributed by atoms with Gasteiger partial charge in [-0.1, -0.05) is 0 Å². The Hall–Kier alpha value is -2.37. The number of nitrogens with zero attached hydrogens (tertiary/aromatic N) is 1. The zero-order chi connectivity index (χ0) is 21.5. The number of thiazole rings is 1. The number of hydrogen-bond donors (Lipinski definition) is 2. The second kappa shape index (κ2) is 8.05. The van der Waals surface area contributed by atoms with E-state index in [0.29, 0.717) is 20.4 Å². The lowest BCUT2D eigenvalue weighted by Gasteiger charge is -2.21. The van der Waals surface area contributed by atoms with Gasteiger partial charge in [0.25, 0.3) is 11.8 Å². The predicted octanol–water partition coefficient (Wildman–Crippen LogP) is 4.61. The minimum atomic E-state index is -2.78. The number of thiophene rings is 1. The summed E-state index contributed by atoms with van der Waals surface area (Å²) in [4.78, 5) is 28.9. The van der Waals surface area contributed by atoms with Crippen LogP contribution in [0.3, 0.4) is 0 Å². The minimum Gasteiger partial charge on any atom is -0.449 e. The van der Waals surface area contributed by atoms with E-state index in [1.165, 1.54) is 11.3 Å². The number of carbonyl (C=O) groups excluding carboxylic acids is 1. The summed E-state index contributed by atoms with van der Waals surface area (Å²) in [7, 11) is 0. The molecule has 0 radical (unpaired) electrons. The molecule has 11 heteroatoms. The number of carbonyl (C=O) groups is 2. The lowest BCUT2D eigenvalue weighted by molar-refractivity contribution is -0.113. The molecule has 0 aromatic carbocycles. The molecule has 0 saturated heterocycles. The number of fused-ring (bicyclic) bond motifs is 1. The van der Waals surface area contributed by atoms with Crippen molar-refractivity contribution in [3.05, 3.63) is 32.8 Å². The fourth-order valence-electron chi connectivity index (χ4n) is 3.51. The summed E-state index contributed by atoms with van der Waals surface area (Å²) in [5.74, 6) is -3.37. The van der Waals surface area contributed by atoms with E-state index < -0.39 is 18.0 Å². The number of nitrogens with one attached hydrogen (secondary N) is 1. The Morgan fingerprint density at radius 1 is 1.37 bits per heavy atom. The van der Waals surface area contributed by atoms with Crippen LogP contribution in [0, 0.1) is 6.92 Å². The van der Waals surface area contributed by atoms with Crippen molar-refractivity contribution in [2.24, 2.45) is 0 Å². The summed E-state index contributed by atoms with van der Waals surface area (Å²) in [6, 6.07) is 0. The molecule has 7 nitrogen and oxygen atoms in total. The van der Waals surface area contributed by atoms with E-state index in [-0.39, 0.29) is 50.2 Å².